The Balaban J connectivity index is 2.15. The molecule has 0 saturated carbocycles. The summed E-state index contributed by atoms with van der Waals surface area (Å²) in [5.41, 5.74) is 8.27. The van der Waals surface area contributed by atoms with Crippen molar-refractivity contribution in [3.05, 3.63) is 48.0 Å². The maximum absolute atomic E-state index is 12.2. The molecule has 2 N–H and O–H groups in total. The van der Waals surface area contributed by atoms with Crippen molar-refractivity contribution >= 4 is 0 Å². The standard InChI is InChI=1S/C19H22F3NO2/c1-2-3-4-11-24-18-12-15(5-6-16(18)13-23)14-7-9-17(10-8-14)25-19(20,21)22/h5-10,12H,2-4,11,13,23H2,1H3. The summed E-state index contributed by atoms with van der Waals surface area (Å²) >= 11 is 0. The lowest BCUT2D eigenvalue weighted by Crippen LogP contribution is -2.16. The van der Waals surface area contributed by atoms with Crippen molar-refractivity contribution in [2.45, 2.75) is 39.1 Å². The zero-order valence-corrected chi connectivity index (χ0v) is 14.1. The zero-order chi connectivity index (χ0) is 18.3. The molecule has 2 aromatic rings. The van der Waals surface area contributed by atoms with E-state index in [4.69, 9.17) is 10.5 Å². The summed E-state index contributed by atoms with van der Waals surface area (Å²) in [7, 11) is 0. The minimum atomic E-state index is -4.69. The van der Waals surface area contributed by atoms with Crippen LogP contribution in [0.5, 0.6) is 11.5 Å². The molecule has 2 aromatic carbocycles. The highest BCUT2D eigenvalue weighted by atomic mass is 19.4. The molecule has 0 unspecified atom stereocenters. The van der Waals surface area contributed by atoms with Crippen LogP contribution in [-0.4, -0.2) is 13.0 Å². The van der Waals surface area contributed by atoms with Crippen LogP contribution in [0.4, 0.5) is 13.2 Å². The van der Waals surface area contributed by atoms with Crippen molar-refractivity contribution < 1.29 is 22.6 Å². The summed E-state index contributed by atoms with van der Waals surface area (Å²) in [4.78, 5) is 0. The van der Waals surface area contributed by atoms with Crippen LogP contribution >= 0.6 is 0 Å². The molecule has 0 saturated heterocycles. The van der Waals surface area contributed by atoms with Crippen molar-refractivity contribution in [1.29, 1.82) is 0 Å². The number of benzene rings is 2. The number of ether oxygens (including phenoxy) is 2. The van der Waals surface area contributed by atoms with Crippen LogP contribution < -0.4 is 15.2 Å². The van der Waals surface area contributed by atoms with Gasteiger partial charge in [-0.15, -0.1) is 13.2 Å². The highest BCUT2D eigenvalue weighted by Crippen LogP contribution is 2.30. The SMILES string of the molecule is CCCCCOc1cc(-c2ccc(OC(F)(F)F)cc2)ccc1CN. The lowest BCUT2D eigenvalue weighted by Gasteiger charge is -2.13. The molecule has 0 atom stereocenters. The van der Waals surface area contributed by atoms with Crippen LogP contribution in [0.1, 0.15) is 31.7 Å². The van der Waals surface area contributed by atoms with Gasteiger partial charge in [-0.25, -0.2) is 0 Å². The van der Waals surface area contributed by atoms with Gasteiger partial charge in [-0.3, -0.25) is 0 Å². The third kappa shape index (κ3) is 5.98. The molecule has 0 amide bonds. The molecule has 0 aliphatic rings. The van der Waals surface area contributed by atoms with Crippen molar-refractivity contribution in [2.75, 3.05) is 6.61 Å². The normalized spacial score (nSPS) is 11.4. The Morgan fingerprint density at radius 2 is 1.64 bits per heavy atom. The lowest BCUT2D eigenvalue weighted by atomic mass is 10.0. The number of alkyl halides is 3. The first-order chi connectivity index (χ1) is 11.9. The second-order valence-electron chi connectivity index (χ2n) is 5.65. The summed E-state index contributed by atoms with van der Waals surface area (Å²) in [6, 6.07) is 11.4. The second-order valence-corrected chi connectivity index (χ2v) is 5.65. The van der Waals surface area contributed by atoms with E-state index in [-0.39, 0.29) is 5.75 Å². The van der Waals surface area contributed by atoms with Gasteiger partial charge >= 0.3 is 6.36 Å². The molecule has 3 nitrogen and oxygen atoms in total. The van der Waals surface area contributed by atoms with Crippen molar-refractivity contribution in [3.63, 3.8) is 0 Å². The number of unbranched alkanes of at least 4 members (excludes halogenated alkanes) is 2. The van der Waals surface area contributed by atoms with E-state index in [9.17, 15) is 13.2 Å². The maximum Gasteiger partial charge on any atom is 0.573 e. The molecule has 0 fully saturated rings. The van der Waals surface area contributed by atoms with Gasteiger partial charge in [0.15, 0.2) is 0 Å². The Kier molecular flexibility index (Phi) is 6.70. The Hall–Kier alpha value is -2.21. The molecule has 0 radical (unpaired) electrons. The second kappa shape index (κ2) is 8.76. The van der Waals surface area contributed by atoms with E-state index in [1.54, 1.807) is 12.1 Å². The largest absolute Gasteiger partial charge is 0.573 e. The first-order valence-corrected chi connectivity index (χ1v) is 8.25. The highest BCUT2D eigenvalue weighted by Gasteiger charge is 2.30. The first-order valence-electron chi connectivity index (χ1n) is 8.25. The molecule has 0 spiro atoms. The van der Waals surface area contributed by atoms with Crippen LogP contribution in [-0.2, 0) is 6.54 Å². The zero-order valence-electron chi connectivity index (χ0n) is 14.1. The Labute approximate surface area is 145 Å². The molecule has 0 aliphatic carbocycles. The molecular weight excluding hydrogens is 331 g/mol. The van der Waals surface area contributed by atoms with Gasteiger partial charge in [-0.1, -0.05) is 44.0 Å². The fourth-order valence-corrected chi connectivity index (χ4v) is 2.42. The molecule has 0 aliphatic heterocycles. The van der Waals surface area contributed by atoms with Crippen molar-refractivity contribution in [1.82, 2.24) is 0 Å². The molecule has 0 aromatic heterocycles. The topological polar surface area (TPSA) is 44.5 Å². The Morgan fingerprint density at radius 3 is 2.24 bits per heavy atom. The van der Waals surface area contributed by atoms with Gasteiger partial charge in [0.2, 0.25) is 0 Å². The van der Waals surface area contributed by atoms with Crippen molar-refractivity contribution in [2.24, 2.45) is 5.73 Å². The number of nitrogens with two attached hydrogens (primary N) is 1. The van der Waals surface area contributed by atoms with Crippen LogP contribution in [0.3, 0.4) is 0 Å². The maximum atomic E-state index is 12.2. The molecule has 136 valence electrons. The lowest BCUT2D eigenvalue weighted by molar-refractivity contribution is -0.274. The summed E-state index contributed by atoms with van der Waals surface area (Å²) in [5, 5.41) is 0. The van der Waals surface area contributed by atoms with Gasteiger partial charge < -0.3 is 15.2 Å². The molecule has 2 rings (SSSR count). The molecule has 25 heavy (non-hydrogen) atoms. The van der Waals surface area contributed by atoms with E-state index >= 15 is 0 Å². The summed E-state index contributed by atoms with van der Waals surface area (Å²) in [6.45, 7) is 3.10. The van der Waals surface area contributed by atoms with Crippen LogP contribution in [0, 0.1) is 0 Å². The quantitative estimate of drug-likeness (QED) is 0.657. The molecule has 0 heterocycles. The van der Waals surface area contributed by atoms with E-state index in [0.717, 1.165) is 36.0 Å². The summed E-state index contributed by atoms with van der Waals surface area (Å²) in [6.07, 6.45) is -1.52. The van der Waals surface area contributed by atoms with Gasteiger partial charge in [0.25, 0.3) is 0 Å². The Morgan fingerprint density at radius 1 is 0.960 bits per heavy atom. The summed E-state index contributed by atoms with van der Waals surface area (Å²) < 4.78 is 46.4. The van der Waals surface area contributed by atoms with Gasteiger partial charge in [0, 0.05) is 12.1 Å². The third-order valence-corrected chi connectivity index (χ3v) is 3.71. The predicted molar refractivity (Wildman–Crippen MR) is 91.5 cm³/mol. The van der Waals surface area contributed by atoms with Crippen LogP contribution in [0.2, 0.25) is 0 Å². The number of halogens is 3. The van der Waals surface area contributed by atoms with E-state index in [1.165, 1.54) is 12.1 Å². The van der Waals surface area contributed by atoms with Gasteiger partial charge in [0.1, 0.15) is 11.5 Å². The minimum absolute atomic E-state index is 0.245. The summed E-state index contributed by atoms with van der Waals surface area (Å²) in [5.74, 6) is 0.470. The predicted octanol–water partition coefficient (Wildman–Crippen LogP) is 5.28. The molecule has 6 heteroatoms. The fourth-order valence-electron chi connectivity index (χ4n) is 2.42. The van der Waals surface area contributed by atoms with Crippen LogP contribution in [0.25, 0.3) is 11.1 Å². The third-order valence-electron chi connectivity index (χ3n) is 3.71. The minimum Gasteiger partial charge on any atom is -0.493 e. The number of rotatable bonds is 8. The molecular formula is C19H22F3NO2. The molecule has 0 bridgehead atoms. The van der Waals surface area contributed by atoms with E-state index < -0.39 is 6.36 Å². The van der Waals surface area contributed by atoms with E-state index in [1.807, 2.05) is 18.2 Å². The monoisotopic (exact) mass is 353 g/mol. The highest BCUT2D eigenvalue weighted by molar-refractivity contribution is 5.66. The van der Waals surface area contributed by atoms with Crippen molar-refractivity contribution in [3.8, 4) is 22.6 Å². The van der Waals surface area contributed by atoms with Gasteiger partial charge in [-0.05, 0) is 35.7 Å². The number of hydrogen-bond acceptors (Lipinski definition) is 3. The smallest absolute Gasteiger partial charge is 0.493 e. The van der Waals surface area contributed by atoms with Crippen LogP contribution in [0.15, 0.2) is 42.5 Å². The Bertz CT molecular complexity index is 669. The number of hydrogen-bond donors (Lipinski definition) is 1. The van der Waals surface area contributed by atoms with E-state index in [2.05, 4.69) is 11.7 Å². The van der Waals surface area contributed by atoms with Gasteiger partial charge in [0.05, 0.1) is 6.61 Å². The first kappa shape index (κ1) is 19.1. The van der Waals surface area contributed by atoms with E-state index in [0.29, 0.717) is 18.9 Å². The fraction of sp³-hybridized carbons (Fsp3) is 0.368. The average Bonchev–Trinajstić information content (AvgIpc) is 2.58. The average molecular weight is 353 g/mol. The van der Waals surface area contributed by atoms with Gasteiger partial charge in [-0.2, -0.15) is 0 Å².